The van der Waals surface area contributed by atoms with Crippen LogP contribution in [0.15, 0.2) is 18.2 Å². The van der Waals surface area contributed by atoms with Gasteiger partial charge in [0.2, 0.25) is 10.0 Å². The highest BCUT2D eigenvalue weighted by Crippen LogP contribution is 2.31. The van der Waals surface area contributed by atoms with Crippen LogP contribution in [0.25, 0.3) is 0 Å². The molecule has 0 amide bonds. The minimum Gasteiger partial charge on any atom is -0.378 e. The number of sulfonamides is 1. The van der Waals surface area contributed by atoms with Gasteiger partial charge in [-0.1, -0.05) is 12.1 Å². The molecule has 3 rings (SSSR count). The predicted molar refractivity (Wildman–Crippen MR) is 79.6 cm³/mol. The van der Waals surface area contributed by atoms with Crippen molar-refractivity contribution in [2.75, 3.05) is 23.2 Å². The van der Waals surface area contributed by atoms with E-state index in [0.717, 1.165) is 42.7 Å². The molecule has 1 saturated heterocycles. The molecule has 1 aromatic rings. The van der Waals surface area contributed by atoms with E-state index in [1.807, 2.05) is 25.1 Å². The lowest BCUT2D eigenvalue weighted by atomic mass is 10.1. The summed E-state index contributed by atoms with van der Waals surface area (Å²) in [6.45, 7) is 3.35. The highest BCUT2D eigenvalue weighted by molar-refractivity contribution is 7.92. The average Bonchev–Trinajstić information content (AvgIpc) is 3.05. The Morgan fingerprint density at radius 3 is 3.00 bits per heavy atom. The molecule has 0 bridgehead atoms. The number of nitrogens with zero attached hydrogens (tertiary/aromatic N) is 1. The minimum atomic E-state index is -3.22. The molecular weight excluding hydrogens is 274 g/mol. The second kappa shape index (κ2) is 5.37. The molecule has 2 heterocycles. The van der Waals surface area contributed by atoms with E-state index in [2.05, 4.69) is 0 Å². The lowest BCUT2D eigenvalue weighted by molar-refractivity contribution is 0.109. The summed E-state index contributed by atoms with van der Waals surface area (Å²) in [5.74, 6) is 0.186. The van der Waals surface area contributed by atoms with Gasteiger partial charge in [0.1, 0.15) is 0 Å². The largest absolute Gasteiger partial charge is 0.378 e. The third-order valence-electron chi connectivity index (χ3n) is 4.15. The molecule has 5 heteroatoms. The van der Waals surface area contributed by atoms with Crippen molar-refractivity contribution < 1.29 is 13.2 Å². The van der Waals surface area contributed by atoms with Gasteiger partial charge in [0.05, 0.1) is 17.5 Å². The molecule has 1 atom stereocenters. The van der Waals surface area contributed by atoms with Gasteiger partial charge < -0.3 is 4.74 Å². The maximum absolute atomic E-state index is 12.5. The third-order valence-corrected chi connectivity index (χ3v) is 5.95. The molecule has 0 aliphatic carbocycles. The summed E-state index contributed by atoms with van der Waals surface area (Å²) in [5, 5.41) is 0. The van der Waals surface area contributed by atoms with Crippen LogP contribution in [0.4, 0.5) is 5.69 Å². The van der Waals surface area contributed by atoms with Crippen LogP contribution in [0.2, 0.25) is 0 Å². The maximum Gasteiger partial charge on any atom is 0.235 e. The lowest BCUT2D eigenvalue weighted by Crippen LogP contribution is -2.32. The van der Waals surface area contributed by atoms with E-state index in [1.54, 1.807) is 4.31 Å². The third kappa shape index (κ3) is 2.69. The summed E-state index contributed by atoms with van der Waals surface area (Å²) >= 11 is 0. The van der Waals surface area contributed by atoms with Crippen LogP contribution in [0.3, 0.4) is 0 Å². The lowest BCUT2D eigenvalue weighted by Gasteiger charge is -2.20. The topological polar surface area (TPSA) is 46.6 Å². The minimum absolute atomic E-state index is 0.129. The maximum atomic E-state index is 12.5. The summed E-state index contributed by atoms with van der Waals surface area (Å²) in [5.41, 5.74) is 3.11. The van der Waals surface area contributed by atoms with Crippen molar-refractivity contribution >= 4 is 15.7 Å². The molecule has 2 aliphatic rings. The molecule has 2 aliphatic heterocycles. The van der Waals surface area contributed by atoms with Gasteiger partial charge >= 0.3 is 0 Å². The molecule has 0 spiro atoms. The van der Waals surface area contributed by atoms with Crippen molar-refractivity contribution in [3.8, 4) is 0 Å². The van der Waals surface area contributed by atoms with Crippen LogP contribution in [-0.4, -0.2) is 33.4 Å². The van der Waals surface area contributed by atoms with Gasteiger partial charge in [-0.05, 0) is 49.8 Å². The van der Waals surface area contributed by atoms with Crippen LogP contribution in [0, 0.1) is 6.92 Å². The van der Waals surface area contributed by atoms with Gasteiger partial charge in [-0.15, -0.1) is 0 Å². The molecule has 1 fully saturated rings. The predicted octanol–water partition coefficient (Wildman–Crippen LogP) is 2.26. The molecule has 1 aromatic carbocycles. The van der Waals surface area contributed by atoms with Gasteiger partial charge in [-0.2, -0.15) is 0 Å². The Hall–Kier alpha value is -1.07. The number of fused-ring (bicyclic) bond motifs is 1. The SMILES string of the molecule is Cc1ccc2c(c1)N(S(=O)(=O)CCC1CCCO1)CC2. The van der Waals surface area contributed by atoms with E-state index >= 15 is 0 Å². The molecule has 0 N–H and O–H groups in total. The first kappa shape index (κ1) is 13.9. The van der Waals surface area contributed by atoms with Crippen molar-refractivity contribution in [1.29, 1.82) is 0 Å². The van der Waals surface area contributed by atoms with Crippen molar-refractivity contribution in [2.45, 2.75) is 38.7 Å². The van der Waals surface area contributed by atoms with Crippen LogP contribution in [0.1, 0.15) is 30.4 Å². The number of ether oxygens (including phenoxy) is 1. The Morgan fingerprint density at radius 1 is 1.40 bits per heavy atom. The van der Waals surface area contributed by atoms with Crippen LogP contribution >= 0.6 is 0 Å². The molecule has 0 aromatic heterocycles. The van der Waals surface area contributed by atoms with E-state index in [0.29, 0.717) is 13.0 Å². The molecule has 0 radical (unpaired) electrons. The molecule has 20 heavy (non-hydrogen) atoms. The quantitative estimate of drug-likeness (QED) is 0.856. The van der Waals surface area contributed by atoms with Crippen molar-refractivity contribution in [3.63, 3.8) is 0 Å². The smallest absolute Gasteiger partial charge is 0.235 e. The zero-order valence-electron chi connectivity index (χ0n) is 11.8. The molecule has 0 saturated carbocycles. The Kier molecular flexibility index (Phi) is 3.73. The van der Waals surface area contributed by atoms with Crippen molar-refractivity contribution in [3.05, 3.63) is 29.3 Å². The van der Waals surface area contributed by atoms with Crippen LogP contribution < -0.4 is 4.31 Å². The monoisotopic (exact) mass is 295 g/mol. The van der Waals surface area contributed by atoms with Gasteiger partial charge in [-0.3, -0.25) is 4.31 Å². The molecular formula is C15H21NO3S. The Labute approximate surface area is 120 Å². The highest BCUT2D eigenvalue weighted by Gasteiger charge is 2.30. The highest BCUT2D eigenvalue weighted by atomic mass is 32.2. The summed E-state index contributed by atoms with van der Waals surface area (Å²) in [4.78, 5) is 0. The summed E-state index contributed by atoms with van der Waals surface area (Å²) < 4.78 is 32.2. The normalized spacial score (nSPS) is 22.2. The van der Waals surface area contributed by atoms with Gasteiger partial charge in [0, 0.05) is 13.2 Å². The van der Waals surface area contributed by atoms with Crippen LogP contribution in [0.5, 0.6) is 0 Å². The zero-order valence-corrected chi connectivity index (χ0v) is 12.7. The summed E-state index contributed by atoms with van der Waals surface area (Å²) in [6.07, 6.45) is 3.60. The number of anilines is 1. The number of aryl methyl sites for hydroxylation is 1. The fraction of sp³-hybridized carbons (Fsp3) is 0.600. The van der Waals surface area contributed by atoms with E-state index in [4.69, 9.17) is 4.74 Å². The molecule has 110 valence electrons. The van der Waals surface area contributed by atoms with Gasteiger partial charge in [0.15, 0.2) is 0 Å². The number of rotatable bonds is 4. The number of hydrogen-bond acceptors (Lipinski definition) is 3. The van der Waals surface area contributed by atoms with E-state index in [1.165, 1.54) is 0 Å². The van der Waals surface area contributed by atoms with E-state index < -0.39 is 10.0 Å². The number of benzene rings is 1. The fourth-order valence-electron chi connectivity index (χ4n) is 3.01. The molecule has 4 nitrogen and oxygen atoms in total. The Morgan fingerprint density at radius 2 is 2.25 bits per heavy atom. The van der Waals surface area contributed by atoms with Crippen molar-refractivity contribution in [1.82, 2.24) is 0 Å². The van der Waals surface area contributed by atoms with E-state index in [9.17, 15) is 8.42 Å². The average molecular weight is 295 g/mol. The Balaban J connectivity index is 1.74. The standard InChI is InChI=1S/C15H21NO3S/c1-12-4-5-13-6-8-16(15(13)11-12)20(17,18)10-7-14-3-2-9-19-14/h4-5,11,14H,2-3,6-10H2,1H3. The van der Waals surface area contributed by atoms with Gasteiger partial charge in [0.25, 0.3) is 0 Å². The van der Waals surface area contributed by atoms with Crippen LogP contribution in [-0.2, 0) is 21.2 Å². The van der Waals surface area contributed by atoms with Crippen molar-refractivity contribution in [2.24, 2.45) is 0 Å². The summed E-state index contributed by atoms with van der Waals surface area (Å²) in [6, 6.07) is 6.06. The first-order valence-corrected chi connectivity index (χ1v) is 8.89. The summed E-state index contributed by atoms with van der Waals surface area (Å²) in [7, 11) is -3.22. The first-order valence-electron chi connectivity index (χ1n) is 7.28. The second-order valence-corrected chi connectivity index (χ2v) is 7.71. The number of hydrogen-bond donors (Lipinski definition) is 0. The fourth-order valence-corrected chi connectivity index (χ4v) is 4.63. The van der Waals surface area contributed by atoms with E-state index in [-0.39, 0.29) is 11.9 Å². The molecule has 1 unspecified atom stereocenters. The second-order valence-electron chi connectivity index (χ2n) is 5.69. The zero-order chi connectivity index (χ0) is 14.2. The Bertz CT molecular complexity index is 591. The first-order chi connectivity index (χ1) is 9.56. The van der Waals surface area contributed by atoms with Gasteiger partial charge in [-0.25, -0.2) is 8.42 Å².